The molecule has 22 heavy (non-hydrogen) atoms. The van der Waals surface area contributed by atoms with Crippen LogP contribution in [-0.4, -0.2) is 15.8 Å². The predicted molar refractivity (Wildman–Crippen MR) is 82.8 cm³/mol. The Morgan fingerprint density at radius 3 is 2.55 bits per heavy atom. The standard InChI is InChI=1S/C15H19N5O2/c1-9-13(10(2)22-19-9)18-14(21)17-12-6-11(7-16)8-20(12)15(3,4)5/h6,8H,1-5H3,(H2,17,18,21). The molecule has 0 radical (unpaired) electrons. The van der Waals surface area contributed by atoms with Crippen LogP contribution in [0.3, 0.4) is 0 Å². The van der Waals surface area contributed by atoms with Gasteiger partial charge in [0.25, 0.3) is 0 Å². The molecule has 7 nitrogen and oxygen atoms in total. The minimum atomic E-state index is -0.414. The van der Waals surface area contributed by atoms with Gasteiger partial charge in [0.2, 0.25) is 0 Å². The first-order chi connectivity index (χ1) is 10.2. The van der Waals surface area contributed by atoms with Crippen molar-refractivity contribution in [1.29, 1.82) is 5.26 Å². The molecule has 116 valence electrons. The second kappa shape index (κ2) is 5.56. The van der Waals surface area contributed by atoms with Crippen LogP contribution in [0.15, 0.2) is 16.8 Å². The summed E-state index contributed by atoms with van der Waals surface area (Å²) in [5.41, 5.74) is 1.38. The number of aromatic nitrogens is 2. The average molecular weight is 301 g/mol. The highest BCUT2D eigenvalue weighted by molar-refractivity contribution is 6.00. The fourth-order valence-corrected chi connectivity index (χ4v) is 2.10. The highest BCUT2D eigenvalue weighted by Crippen LogP contribution is 2.24. The third kappa shape index (κ3) is 3.11. The lowest BCUT2D eigenvalue weighted by Crippen LogP contribution is -2.27. The molecule has 2 amide bonds. The first kappa shape index (κ1) is 15.6. The molecule has 0 bridgehead atoms. The van der Waals surface area contributed by atoms with E-state index in [0.717, 1.165) is 0 Å². The van der Waals surface area contributed by atoms with Crippen molar-refractivity contribution in [3.8, 4) is 6.07 Å². The van der Waals surface area contributed by atoms with Crippen LogP contribution in [0.1, 0.15) is 37.8 Å². The molecule has 0 atom stereocenters. The molecule has 0 aromatic carbocycles. The number of nitrogens with zero attached hydrogens (tertiary/aromatic N) is 3. The van der Waals surface area contributed by atoms with Gasteiger partial charge in [0.15, 0.2) is 5.76 Å². The normalized spacial score (nSPS) is 11.1. The molecule has 0 unspecified atom stereocenters. The maximum absolute atomic E-state index is 12.2. The Kier molecular flexibility index (Phi) is 3.95. The van der Waals surface area contributed by atoms with E-state index >= 15 is 0 Å². The Morgan fingerprint density at radius 1 is 1.36 bits per heavy atom. The van der Waals surface area contributed by atoms with Crippen LogP contribution >= 0.6 is 0 Å². The van der Waals surface area contributed by atoms with E-state index in [0.29, 0.717) is 28.5 Å². The van der Waals surface area contributed by atoms with E-state index in [1.807, 2.05) is 25.3 Å². The van der Waals surface area contributed by atoms with Crippen LogP contribution < -0.4 is 10.6 Å². The van der Waals surface area contributed by atoms with E-state index in [2.05, 4.69) is 21.9 Å². The number of nitriles is 1. The van der Waals surface area contributed by atoms with Crippen molar-refractivity contribution in [2.24, 2.45) is 0 Å². The number of urea groups is 1. The minimum Gasteiger partial charge on any atom is -0.359 e. The Balaban J connectivity index is 2.22. The number of hydrogen-bond acceptors (Lipinski definition) is 4. The quantitative estimate of drug-likeness (QED) is 0.888. The maximum atomic E-state index is 12.2. The maximum Gasteiger partial charge on any atom is 0.324 e. The number of amides is 2. The van der Waals surface area contributed by atoms with Gasteiger partial charge in [-0.3, -0.25) is 5.32 Å². The molecule has 2 aromatic heterocycles. The van der Waals surface area contributed by atoms with Crippen molar-refractivity contribution < 1.29 is 9.32 Å². The number of carbonyl (C=O) groups excluding carboxylic acids is 1. The van der Waals surface area contributed by atoms with Crippen molar-refractivity contribution >= 4 is 17.5 Å². The lowest BCUT2D eigenvalue weighted by molar-refractivity contribution is 0.261. The summed E-state index contributed by atoms with van der Waals surface area (Å²) in [6.45, 7) is 9.45. The molecule has 0 saturated carbocycles. The first-order valence-electron chi connectivity index (χ1n) is 6.86. The molecular formula is C15H19N5O2. The molecule has 0 aliphatic rings. The monoisotopic (exact) mass is 301 g/mol. The first-order valence-corrected chi connectivity index (χ1v) is 6.86. The van der Waals surface area contributed by atoms with E-state index in [9.17, 15) is 4.79 Å². The van der Waals surface area contributed by atoms with Crippen LogP contribution in [0.5, 0.6) is 0 Å². The van der Waals surface area contributed by atoms with E-state index in [4.69, 9.17) is 9.78 Å². The molecule has 2 heterocycles. The van der Waals surface area contributed by atoms with Gasteiger partial charge < -0.3 is 14.4 Å². The highest BCUT2D eigenvalue weighted by atomic mass is 16.5. The molecule has 7 heteroatoms. The Bertz CT molecular complexity index is 724. The number of carbonyl (C=O) groups is 1. The summed E-state index contributed by atoms with van der Waals surface area (Å²) in [7, 11) is 0. The molecule has 2 N–H and O–H groups in total. The van der Waals surface area contributed by atoms with Crippen LogP contribution in [-0.2, 0) is 5.54 Å². The third-order valence-corrected chi connectivity index (χ3v) is 3.19. The van der Waals surface area contributed by atoms with Gasteiger partial charge in [-0.15, -0.1) is 0 Å². The Labute approximate surface area is 128 Å². The molecule has 0 saturated heterocycles. The Morgan fingerprint density at radius 2 is 2.05 bits per heavy atom. The fourth-order valence-electron chi connectivity index (χ4n) is 2.10. The lowest BCUT2D eigenvalue weighted by atomic mass is 10.1. The van der Waals surface area contributed by atoms with Gasteiger partial charge in [0.05, 0.1) is 5.56 Å². The lowest BCUT2D eigenvalue weighted by Gasteiger charge is -2.24. The largest absolute Gasteiger partial charge is 0.359 e. The van der Waals surface area contributed by atoms with Crippen molar-refractivity contribution in [2.45, 2.75) is 40.2 Å². The number of aryl methyl sites for hydroxylation is 2. The molecule has 2 aromatic rings. The van der Waals surface area contributed by atoms with Crippen molar-refractivity contribution in [3.05, 3.63) is 29.3 Å². The van der Waals surface area contributed by atoms with Crippen LogP contribution in [0.4, 0.5) is 16.3 Å². The van der Waals surface area contributed by atoms with Gasteiger partial charge in [-0.1, -0.05) is 5.16 Å². The molecular weight excluding hydrogens is 282 g/mol. The Hall–Kier alpha value is -2.75. The summed E-state index contributed by atoms with van der Waals surface area (Å²) < 4.78 is 6.85. The molecule has 0 spiro atoms. The van der Waals surface area contributed by atoms with Gasteiger partial charge in [-0.05, 0) is 40.7 Å². The number of rotatable bonds is 2. The zero-order valence-electron chi connectivity index (χ0n) is 13.3. The molecule has 0 aliphatic heterocycles. The number of hydrogen-bond donors (Lipinski definition) is 2. The second-order valence-electron chi connectivity index (χ2n) is 6.04. The zero-order chi connectivity index (χ0) is 16.5. The van der Waals surface area contributed by atoms with Gasteiger partial charge in [0, 0.05) is 11.7 Å². The van der Waals surface area contributed by atoms with Gasteiger partial charge in [-0.2, -0.15) is 5.26 Å². The summed E-state index contributed by atoms with van der Waals surface area (Å²) >= 11 is 0. The predicted octanol–water partition coefficient (Wildman–Crippen LogP) is 3.36. The number of anilines is 2. The van der Waals surface area contributed by atoms with Gasteiger partial charge in [0.1, 0.15) is 23.3 Å². The number of nitrogens with one attached hydrogen (secondary N) is 2. The topological polar surface area (TPSA) is 95.9 Å². The van der Waals surface area contributed by atoms with Crippen LogP contribution in [0.2, 0.25) is 0 Å². The minimum absolute atomic E-state index is 0.263. The third-order valence-electron chi connectivity index (χ3n) is 3.19. The summed E-state index contributed by atoms with van der Waals surface area (Å²) in [6, 6.07) is 3.30. The van der Waals surface area contributed by atoms with Gasteiger partial charge in [-0.25, -0.2) is 4.79 Å². The SMILES string of the molecule is Cc1noc(C)c1NC(=O)Nc1cc(C#N)cn1C(C)(C)C. The van der Waals surface area contributed by atoms with Crippen LogP contribution in [0.25, 0.3) is 0 Å². The van der Waals surface area contributed by atoms with E-state index in [1.54, 1.807) is 26.1 Å². The van der Waals surface area contributed by atoms with E-state index in [-0.39, 0.29) is 5.54 Å². The van der Waals surface area contributed by atoms with E-state index in [1.165, 1.54) is 0 Å². The smallest absolute Gasteiger partial charge is 0.324 e. The average Bonchev–Trinajstić information content (AvgIpc) is 2.96. The van der Waals surface area contributed by atoms with E-state index < -0.39 is 6.03 Å². The van der Waals surface area contributed by atoms with Crippen molar-refractivity contribution in [3.63, 3.8) is 0 Å². The molecule has 0 aliphatic carbocycles. The summed E-state index contributed by atoms with van der Waals surface area (Å²) in [5, 5.41) is 18.3. The van der Waals surface area contributed by atoms with Gasteiger partial charge >= 0.3 is 6.03 Å². The summed E-state index contributed by atoms with van der Waals surface area (Å²) in [4.78, 5) is 12.2. The summed E-state index contributed by atoms with van der Waals surface area (Å²) in [6.07, 6.45) is 1.71. The van der Waals surface area contributed by atoms with Crippen molar-refractivity contribution in [2.75, 3.05) is 10.6 Å². The fraction of sp³-hybridized carbons (Fsp3) is 0.400. The summed E-state index contributed by atoms with van der Waals surface area (Å²) in [5.74, 6) is 1.09. The van der Waals surface area contributed by atoms with Crippen molar-refractivity contribution in [1.82, 2.24) is 9.72 Å². The van der Waals surface area contributed by atoms with Crippen LogP contribution in [0, 0.1) is 25.2 Å². The highest BCUT2D eigenvalue weighted by Gasteiger charge is 2.20. The zero-order valence-corrected chi connectivity index (χ0v) is 13.3. The molecule has 2 rings (SSSR count). The second-order valence-corrected chi connectivity index (χ2v) is 6.04. The molecule has 0 fully saturated rings.